The molecule has 0 saturated carbocycles. The maximum atomic E-state index is 4.31. The average Bonchev–Trinajstić information content (AvgIpc) is 2.30. The molecule has 0 spiro atoms. The van der Waals surface area contributed by atoms with E-state index in [1.165, 1.54) is 16.7 Å². The number of nitrogens with zero attached hydrogens (tertiary/aromatic N) is 1. The number of benzene rings is 1. The second-order valence-electron chi connectivity index (χ2n) is 4.46. The Hall–Kier alpha value is -1.63. The van der Waals surface area contributed by atoms with Gasteiger partial charge in [0.2, 0.25) is 0 Å². The van der Waals surface area contributed by atoms with Crippen LogP contribution in [0, 0.1) is 6.92 Å². The van der Waals surface area contributed by atoms with Gasteiger partial charge in [-0.1, -0.05) is 44.2 Å². The van der Waals surface area contributed by atoms with Crippen LogP contribution in [-0.2, 0) is 0 Å². The smallest absolute Gasteiger partial charge is 0.0373 e. The fourth-order valence-corrected chi connectivity index (χ4v) is 1.70. The minimum Gasteiger partial charge on any atom is -0.261 e. The zero-order chi connectivity index (χ0) is 11.5. The number of pyridine rings is 1. The standard InChI is InChI=1S/C15H17N/c1-11(2)13-6-8-14(9-7-13)15-5-4-12(3)16-10-15/h4-11H,1-3H3. The Labute approximate surface area is 97.2 Å². The van der Waals surface area contributed by atoms with Crippen LogP contribution in [0.3, 0.4) is 0 Å². The second-order valence-corrected chi connectivity index (χ2v) is 4.46. The van der Waals surface area contributed by atoms with E-state index in [1.54, 1.807) is 0 Å². The highest BCUT2D eigenvalue weighted by molar-refractivity contribution is 5.62. The van der Waals surface area contributed by atoms with E-state index in [2.05, 4.69) is 49.2 Å². The van der Waals surface area contributed by atoms with Crippen LogP contribution in [0.25, 0.3) is 11.1 Å². The number of aryl methyl sites for hydroxylation is 1. The van der Waals surface area contributed by atoms with Gasteiger partial charge in [0.25, 0.3) is 0 Å². The lowest BCUT2D eigenvalue weighted by Crippen LogP contribution is -1.87. The third-order valence-corrected chi connectivity index (χ3v) is 2.82. The molecule has 0 aliphatic carbocycles. The van der Waals surface area contributed by atoms with Gasteiger partial charge >= 0.3 is 0 Å². The Balaban J connectivity index is 2.31. The molecule has 0 amide bonds. The minimum atomic E-state index is 0.588. The molecule has 1 aromatic heterocycles. The molecule has 0 saturated heterocycles. The molecule has 1 nitrogen and oxygen atoms in total. The molecule has 0 aliphatic rings. The molecule has 0 bridgehead atoms. The van der Waals surface area contributed by atoms with Crippen LogP contribution in [-0.4, -0.2) is 4.98 Å². The fourth-order valence-electron chi connectivity index (χ4n) is 1.70. The lowest BCUT2D eigenvalue weighted by Gasteiger charge is -2.07. The van der Waals surface area contributed by atoms with Gasteiger partial charge in [0.15, 0.2) is 0 Å². The van der Waals surface area contributed by atoms with Crippen LogP contribution in [0.2, 0.25) is 0 Å². The van der Waals surface area contributed by atoms with Crippen molar-refractivity contribution < 1.29 is 0 Å². The molecule has 1 heterocycles. The van der Waals surface area contributed by atoms with Gasteiger partial charge < -0.3 is 0 Å². The molecule has 0 radical (unpaired) electrons. The Morgan fingerprint density at radius 1 is 0.875 bits per heavy atom. The molecular weight excluding hydrogens is 194 g/mol. The first-order chi connectivity index (χ1) is 7.66. The Kier molecular flexibility index (Phi) is 3.04. The van der Waals surface area contributed by atoms with Crippen molar-refractivity contribution in [2.24, 2.45) is 0 Å². The van der Waals surface area contributed by atoms with Gasteiger partial charge in [-0.05, 0) is 30.0 Å². The summed E-state index contributed by atoms with van der Waals surface area (Å²) >= 11 is 0. The molecule has 0 aliphatic heterocycles. The van der Waals surface area contributed by atoms with Crippen molar-refractivity contribution in [3.8, 4) is 11.1 Å². The van der Waals surface area contributed by atoms with Crippen molar-refractivity contribution in [2.75, 3.05) is 0 Å². The molecule has 0 atom stereocenters. The van der Waals surface area contributed by atoms with E-state index in [0.717, 1.165) is 5.69 Å². The molecule has 82 valence electrons. The minimum absolute atomic E-state index is 0.588. The summed E-state index contributed by atoms with van der Waals surface area (Å²) in [6, 6.07) is 12.9. The highest BCUT2D eigenvalue weighted by atomic mass is 14.7. The SMILES string of the molecule is Cc1ccc(-c2ccc(C(C)C)cc2)cn1. The molecule has 0 unspecified atom stereocenters. The Morgan fingerprint density at radius 2 is 1.50 bits per heavy atom. The predicted molar refractivity (Wildman–Crippen MR) is 68.5 cm³/mol. The van der Waals surface area contributed by atoms with E-state index in [0.29, 0.717) is 5.92 Å². The van der Waals surface area contributed by atoms with Gasteiger partial charge in [-0.3, -0.25) is 4.98 Å². The number of aromatic nitrogens is 1. The van der Waals surface area contributed by atoms with Crippen LogP contribution in [0.5, 0.6) is 0 Å². The first kappa shape index (κ1) is 10.9. The van der Waals surface area contributed by atoms with Crippen molar-refractivity contribution in [3.63, 3.8) is 0 Å². The Bertz CT molecular complexity index is 452. The summed E-state index contributed by atoms with van der Waals surface area (Å²) < 4.78 is 0. The largest absolute Gasteiger partial charge is 0.261 e. The number of hydrogen-bond acceptors (Lipinski definition) is 1. The van der Waals surface area contributed by atoms with E-state index in [4.69, 9.17) is 0 Å². The molecule has 0 fully saturated rings. The summed E-state index contributed by atoms with van der Waals surface area (Å²) in [6.45, 7) is 6.43. The highest BCUT2D eigenvalue weighted by Crippen LogP contribution is 2.21. The van der Waals surface area contributed by atoms with Crippen molar-refractivity contribution in [1.29, 1.82) is 0 Å². The molecule has 16 heavy (non-hydrogen) atoms. The van der Waals surface area contributed by atoms with E-state index in [9.17, 15) is 0 Å². The van der Waals surface area contributed by atoms with E-state index >= 15 is 0 Å². The molecule has 1 heteroatoms. The molecular formula is C15H17N. The normalized spacial score (nSPS) is 10.8. The van der Waals surface area contributed by atoms with Crippen LogP contribution in [0.15, 0.2) is 42.6 Å². The van der Waals surface area contributed by atoms with E-state index in [-0.39, 0.29) is 0 Å². The van der Waals surface area contributed by atoms with Gasteiger partial charge in [0.1, 0.15) is 0 Å². The first-order valence-electron chi connectivity index (χ1n) is 5.70. The van der Waals surface area contributed by atoms with Crippen molar-refractivity contribution in [3.05, 3.63) is 53.9 Å². The first-order valence-corrected chi connectivity index (χ1v) is 5.70. The highest BCUT2D eigenvalue weighted by Gasteiger charge is 2.00. The van der Waals surface area contributed by atoms with Gasteiger partial charge in [-0.25, -0.2) is 0 Å². The summed E-state index contributed by atoms with van der Waals surface area (Å²) in [5.74, 6) is 0.588. The zero-order valence-corrected chi connectivity index (χ0v) is 10.1. The van der Waals surface area contributed by atoms with Crippen LogP contribution >= 0.6 is 0 Å². The van der Waals surface area contributed by atoms with E-state index < -0.39 is 0 Å². The van der Waals surface area contributed by atoms with Gasteiger partial charge in [0.05, 0.1) is 0 Å². The number of hydrogen-bond donors (Lipinski definition) is 0. The van der Waals surface area contributed by atoms with Crippen molar-refractivity contribution >= 4 is 0 Å². The van der Waals surface area contributed by atoms with Gasteiger partial charge in [-0.15, -0.1) is 0 Å². The summed E-state index contributed by atoms with van der Waals surface area (Å²) in [4.78, 5) is 4.31. The molecule has 0 N–H and O–H groups in total. The Morgan fingerprint density at radius 3 is 2.00 bits per heavy atom. The third-order valence-electron chi connectivity index (χ3n) is 2.82. The molecule has 2 rings (SSSR count). The molecule has 2 aromatic rings. The maximum Gasteiger partial charge on any atom is 0.0373 e. The lowest BCUT2D eigenvalue weighted by atomic mass is 9.99. The lowest BCUT2D eigenvalue weighted by molar-refractivity contribution is 0.867. The topological polar surface area (TPSA) is 12.9 Å². The van der Waals surface area contributed by atoms with Crippen LogP contribution < -0.4 is 0 Å². The quantitative estimate of drug-likeness (QED) is 0.726. The monoisotopic (exact) mass is 211 g/mol. The predicted octanol–water partition coefficient (Wildman–Crippen LogP) is 4.18. The van der Waals surface area contributed by atoms with Crippen LogP contribution in [0.1, 0.15) is 31.0 Å². The third kappa shape index (κ3) is 2.30. The van der Waals surface area contributed by atoms with Crippen LogP contribution in [0.4, 0.5) is 0 Å². The average molecular weight is 211 g/mol. The second kappa shape index (κ2) is 4.48. The van der Waals surface area contributed by atoms with Crippen molar-refractivity contribution in [2.45, 2.75) is 26.7 Å². The van der Waals surface area contributed by atoms with E-state index in [1.807, 2.05) is 19.2 Å². The molecule has 1 aromatic carbocycles. The summed E-state index contributed by atoms with van der Waals surface area (Å²) in [5.41, 5.74) is 4.85. The van der Waals surface area contributed by atoms with Gasteiger partial charge in [-0.2, -0.15) is 0 Å². The zero-order valence-electron chi connectivity index (χ0n) is 10.1. The number of rotatable bonds is 2. The maximum absolute atomic E-state index is 4.31. The fraction of sp³-hybridized carbons (Fsp3) is 0.267. The summed E-state index contributed by atoms with van der Waals surface area (Å²) in [5, 5.41) is 0. The van der Waals surface area contributed by atoms with Gasteiger partial charge in [0, 0.05) is 17.5 Å². The summed E-state index contributed by atoms with van der Waals surface area (Å²) in [7, 11) is 0. The van der Waals surface area contributed by atoms with Crippen molar-refractivity contribution in [1.82, 2.24) is 4.98 Å². The summed E-state index contributed by atoms with van der Waals surface area (Å²) in [6.07, 6.45) is 1.93.